The summed E-state index contributed by atoms with van der Waals surface area (Å²) in [5.41, 5.74) is 9.24. The number of rotatable bonds is 4. The topological polar surface area (TPSA) is 110 Å². The third-order valence-corrected chi connectivity index (χ3v) is 3.09. The van der Waals surface area contributed by atoms with E-state index in [1.165, 1.54) is 0 Å². The number of anilines is 1. The summed E-state index contributed by atoms with van der Waals surface area (Å²) in [6, 6.07) is 6.54. The Morgan fingerprint density at radius 2 is 2.32 bits per heavy atom. The summed E-state index contributed by atoms with van der Waals surface area (Å²) in [5, 5.41) is 21.7. The molecule has 0 radical (unpaired) electrons. The van der Waals surface area contributed by atoms with Gasteiger partial charge in [-0.3, -0.25) is 4.79 Å². The quantitative estimate of drug-likeness (QED) is 0.345. The van der Waals surface area contributed by atoms with Crippen molar-refractivity contribution in [1.29, 1.82) is 0 Å². The Hall–Kier alpha value is -2.02. The third kappa shape index (κ3) is 3.06. The van der Waals surface area contributed by atoms with Crippen LogP contribution < -0.4 is 10.4 Å². The van der Waals surface area contributed by atoms with Crippen LogP contribution in [-0.2, 0) is 4.79 Å². The van der Waals surface area contributed by atoms with E-state index in [0.29, 0.717) is 30.7 Å². The van der Waals surface area contributed by atoms with Crippen LogP contribution >= 0.6 is 0 Å². The molecule has 1 amide bonds. The van der Waals surface area contributed by atoms with Crippen LogP contribution in [0.2, 0.25) is 0 Å². The summed E-state index contributed by atoms with van der Waals surface area (Å²) in [4.78, 5) is 16.2. The zero-order valence-electron chi connectivity index (χ0n) is 10.2. The van der Waals surface area contributed by atoms with E-state index >= 15 is 0 Å². The lowest BCUT2D eigenvalue weighted by Gasteiger charge is -2.17. The van der Waals surface area contributed by atoms with E-state index in [1.54, 1.807) is 29.2 Å². The maximum absolute atomic E-state index is 11.9. The van der Waals surface area contributed by atoms with Crippen molar-refractivity contribution < 1.29 is 14.8 Å². The molecule has 7 nitrogen and oxygen atoms in total. The van der Waals surface area contributed by atoms with Gasteiger partial charge in [0.2, 0.25) is 5.91 Å². The molecule has 1 atom stereocenters. The number of carbonyl (C=O) groups excluding carboxylic acids is 1. The minimum absolute atomic E-state index is 0.00565. The zero-order chi connectivity index (χ0) is 13.8. The fraction of sp³-hybridized carbons (Fsp3) is 0.364. The van der Waals surface area contributed by atoms with Gasteiger partial charge in [-0.2, -0.15) is 0 Å². The minimum Gasteiger partial charge on any atom is -0.423 e. The average molecular weight is 260 g/mol. The average Bonchev–Trinajstić information content (AvgIpc) is 2.77. The number of benzene rings is 1. The van der Waals surface area contributed by atoms with Crippen molar-refractivity contribution in [3.05, 3.63) is 34.7 Å². The van der Waals surface area contributed by atoms with Crippen molar-refractivity contribution in [2.45, 2.75) is 6.42 Å². The van der Waals surface area contributed by atoms with E-state index < -0.39 is 7.12 Å². The van der Waals surface area contributed by atoms with Crippen LogP contribution in [0.4, 0.5) is 5.69 Å². The molecule has 0 saturated carbocycles. The maximum Gasteiger partial charge on any atom is 0.488 e. The first-order valence-electron chi connectivity index (χ1n) is 5.89. The summed E-state index contributed by atoms with van der Waals surface area (Å²) < 4.78 is 0. The van der Waals surface area contributed by atoms with Crippen LogP contribution in [0.15, 0.2) is 29.4 Å². The second kappa shape index (κ2) is 5.75. The summed E-state index contributed by atoms with van der Waals surface area (Å²) in [7, 11) is -1.56. The Balaban J connectivity index is 2.15. The van der Waals surface area contributed by atoms with Gasteiger partial charge in [0.15, 0.2) is 0 Å². The number of hydrogen-bond acceptors (Lipinski definition) is 4. The monoisotopic (exact) mass is 260 g/mol. The highest BCUT2D eigenvalue weighted by Gasteiger charge is 2.30. The van der Waals surface area contributed by atoms with E-state index in [9.17, 15) is 4.79 Å². The fourth-order valence-electron chi connectivity index (χ4n) is 2.16. The van der Waals surface area contributed by atoms with Crippen molar-refractivity contribution in [2.75, 3.05) is 18.0 Å². The molecule has 1 aliphatic rings. The van der Waals surface area contributed by atoms with Crippen LogP contribution in [0.1, 0.15) is 6.42 Å². The molecule has 1 fully saturated rings. The summed E-state index contributed by atoms with van der Waals surface area (Å²) >= 11 is 0. The molecule has 19 heavy (non-hydrogen) atoms. The van der Waals surface area contributed by atoms with Crippen LogP contribution in [0.5, 0.6) is 0 Å². The molecule has 2 rings (SSSR count). The lowest BCUT2D eigenvalue weighted by molar-refractivity contribution is -0.117. The van der Waals surface area contributed by atoms with E-state index in [0.717, 1.165) is 0 Å². The number of amides is 1. The number of nitrogens with zero attached hydrogens (tertiary/aromatic N) is 4. The molecule has 2 N–H and O–H groups in total. The molecular weight excluding hydrogens is 247 g/mol. The normalized spacial score (nSPS) is 18.3. The molecule has 98 valence electrons. The number of hydrogen-bond donors (Lipinski definition) is 2. The van der Waals surface area contributed by atoms with E-state index in [1.807, 2.05) is 0 Å². The first-order valence-corrected chi connectivity index (χ1v) is 5.89. The third-order valence-electron chi connectivity index (χ3n) is 3.09. The predicted octanol–water partition coefficient (Wildman–Crippen LogP) is 0.0296. The molecule has 1 aliphatic heterocycles. The van der Waals surface area contributed by atoms with E-state index in [-0.39, 0.29) is 11.8 Å². The number of azide groups is 1. The Labute approximate surface area is 110 Å². The molecule has 1 saturated heterocycles. The van der Waals surface area contributed by atoms with Crippen molar-refractivity contribution in [1.82, 2.24) is 0 Å². The Morgan fingerprint density at radius 3 is 3.00 bits per heavy atom. The van der Waals surface area contributed by atoms with Crippen LogP contribution in [0, 0.1) is 5.92 Å². The van der Waals surface area contributed by atoms with Gasteiger partial charge >= 0.3 is 7.12 Å². The minimum atomic E-state index is -1.56. The largest absolute Gasteiger partial charge is 0.488 e. The van der Waals surface area contributed by atoms with Crippen LogP contribution in [0.25, 0.3) is 10.4 Å². The zero-order valence-corrected chi connectivity index (χ0v) is 10.2. The van der Waals surface area contributed by atoms with Gasteiger partial charge in [0.25, 0.3) is 0 Å². The molecule has 1 heterocycles. The number of carbonyl (C=O) groups is 1. The fourth-order valence-corrected chi connectivity index (χ4v) is 2.16. The lowest BCUT2D eigenvalue weighted by Crippen LogP contribution is -2.32. The molecule has 1 aromatic carbocycles. The maximum atomic E-state index is 11.9. The van der Waals surface area contributed by atoms with Crippen molar-refractivity contribution in [3.8, 4) is 0 Å². The van der Waals surface area contributed by atoms with Gasteiger partial charge in [-0.25, -0.2) is 0 Å². The highest BCUT2D eigenvalue weighted by molar-refractivity contribution is 6.58. The molecule has 0 aliphatic carbocycles. The summed E-state index contributed by atoms with van der Waals surface area (Å²) in [5.74, 6) is -0.0474. The van der Waals surface area contributed by atoms with Gasteiger partial charge in [0, 0.05) is 30.1 Å². The Bertz CT molecular complexity index is 530. The highest BCUT2D eigenvalue weighted by atomic mass is 16.4. The molecule has 0 spiro atoms. The predicted molar refractivity (Wildman–Crippen MR) is 70.7 cm³/mol. The lowest BCUT2D eigenvalue weighted by atomic mass is 9.80. The van der Waals surface area contributed by atoms with Crippen molar-refractivity contribution in [3.63, 3.8) is 0 Å². The Morgan fingerprint density at radius 1 is 1.53 bits per heavy atom. The second-order valence-corrected chi connectivity index (χ2v) is 4.46. The van der Waals surface area contributed by atoms with E-state index in [4.69, 9.17) is 15.6 Å². The van der Waals surface area contributed by atoms with E-state index in [2.05, 4.69) is 10.0 Å². The van der Waals surface area contributed by atoms with Gasteiger partial charge in [-0.1, -0.05) is 17.2 Å². The highest BCUT2D eigenvalue weighted by Crippen LogP contribution is 2.24. The molecular formula is C11H13BN4O3. The van der Waals surface area contributed by atoms with Gasteiger partial charge in [-0.05, 0) is 29.0 Å². The molecule has 8 heteroatoms. The SMILES string of the molecule is [N-]=[N+]=NCC1CC(=O)N(c2cccc(B(O)O)c2)C1. The van der Waals surface area contributed by atoms with Crippen molar-refractivity contribution >= 4 is 24.2 Å². The second-order valence-electron chi connectivity index (χ2n) is 4.46. The molecule has 1 unspecified atom stereocenters. The first-order chi connectivity index (χ1) is 9.11. The summed E-state index contributed by atoms with van der Waals surface area (Å²) in [6.45, 7) is 0.768. The van der Waals surface area contributed by atoms with Crippen LogP contribution in [0.3, 0.4) is 0 Å². The molecule has 1 aromatic rings. The van der Waals surface area contributed by atoms with Gasteiger partial charge in [-0.15, -0.1) is 0 Å². The van der Waals surface area contributed by atoms with Gasteiger partial charge in [0.05, 0.1) is 0 Å². The van der Waals surface area contributed by atoms with Gasteiger partial charge in [0.1, 0.15) is 0 Å². The Kier molecular flexibility index (Phi) is 4.06. The van der Waals surface area contributed by atoms with Crippen molar-refractivity contribution in [2.24, 2.45) is 11.0 Å². The first kappa shape index (κ1) is 13.4. The van der Waals surface area contributed by atoms with Gasteiger partial charge < -0.3 is 14.9 Å². The standard InChI is InChI=1S/C11H13BN4O3/c13-15-14-6-8-4-11(17)16(7-8)10-3-1-2-9(5-10)12(18)19/h1-3,5,8,18-19H,4,6-7H2. The smallest absolute Gasteiger partial charge is 0.423 e. The summed E-state index contributed by atoms with van der Waals surface area (Å²) in [6.07, 6.45) is 0.338. The van der Waals surface area contributed by atoms with Crippen LogP contribution in [-0.4, -0.2) is 36.2 Å². The molecule has 0 bridgehead atoms. The molecule has 0 aromatic heterocycles.